The zero-order valence-corrected chi connectivity index (χ0v) is 14.9. The summed E-state index contributed by atoms with van der Waals surface area (Å²) in [5.41, 5.74) is 1.51. The van der Waals surface area contributed by atoms with Gasteiger partial charge in [0.05, 0.1) is 11.9 Å². The van der Waals surface area contributed by atoms with Crippen LogP contribution in [0.15, 0.2) is 22.7 Å². The number of carbonyl (C=O) groups is 1. The maximum absolute atomic E-state index is 11.9. The fourth-order valence-corrected chi connectivity index (χ4v) is 2.99. The second kappa shape index (κ2) is 7.79. The van der Waals surface area contributed by atoms with Crippen molar-refractivity contribution in [3.8, 4) is 0 Å². The molecule has 0 heterocycles. The predicted octanol–water partition coefficient (Wildman–Crippen LogP) is 2.44. The molecule has 0 spiro atoms. The van der Waals surface area contributed by atoms with Crippen LogP contribution >= 0.6 is 15.9 Å². The smallest absolute Gasteiger partial charge is 0.232 e. The van der Waals surface area contributed by atoms with Gasteiger partial charge in [-0.1, -0.05) is 22.9 Å². The second-order valence-electron chi connectivity index (χ2n) is 4.87. The van der Waals surface area contributed by atoms with E-state index in [1.807, 2.05) is 13.8 Å². The first-order valence-electron chi connectivity index (χ1n) is 6.76. The Hall–Kier alpha value is -1.08. The lowest BCUT2D eigenvalue weighted by atomic mass is 10.2. The number of hydrogen-bond donors (Lipinski definition) is 1. The number of nitrogens with zero attached hydrogens (tertiary/aromatic N) is 1. The van der Waals surface area contributed by atoms with E-state index in [-0.39, 0.29) is 18.9 Å². The molecule has 0 unspecified atom stereocenters. The summed E-state index contributed by atoms with van der Waals surface area (Å²) in [7, 11) is -3.43. The topological polar surface area (TPSA) is 66.5 Å². The van der Waals surface area contributed by atoms with Crippen molar-refractivity contribution in [3.63, 3.8) is 0 Å². The van der Waals surface area contributed by atoms with Crippen molar-refractivity contribution in [3.05, 3.63) is 28.2 Å². The van der Waals surface area contributed by atoms with Crippen molar-refractivity contribution in [2.45, 2.75) is 26.7 Å². The quantitative estimate of drug-likeness (QED) is 0.794. The van der Waals surface area contributed by atoms with Crippen LogP contribution in [-0.2, 0) is 14.8 Å². The Morgan fingerprint density at radius 2 is 2.05 bits per heavy atom. The van der Waals surface area contributed by atoms with E-state index in [4.69, 9.17) is 0 Å². The lowest BCUT2D eigenvalue weighted by Gasteiger charge is -2.22. The highest BCUT2D eigenvalue weighted by atomic mass is 79.9. The maximum Gasteiger partial charge on any atom is 0.232 e. The van der Waals surface area contributed by atoms with Gasteiger partial charge in [0.1, 0.15) is 0 Å². The number of rotatable bonds is 7. The molecule has 0 bridgehead atoms. The summed E-state index contributed by atoms with van der Waals surface area (Å²) in [6.45, 7) is 4.60. The molecule has 0 radical (unpaired) electrons. The number of anilines is 1. The molecule has 1 aromatic rings. The molecule has 0 saturated carbocycles. The van der Waals surface area contributed by atoms with Gasteiger partial charge in [-0.05, 0) is 37.1 Å². The van der Waals surface area contributed by atoms with E-state index in [0.717, 1.165) is 22.7 Å². The number of sulfonamides is 1. The SMILES string of the molecule is CCCNC(=O)CCN(c1ccc(Br)c(C)c1)S(C)(=O)=O. The molecule has 1 aromatic carbocycles. The van der Waals surface area contributed by atoms with E-state index >= 15 is 0 Å². The van der Waals surface area contributed by atoms with Gasteiger partial charge >= 0.3 is 0 Å². The molecule has 0 aliphatic heterocycles. The first-order chi connectivity index (χ1) is 9.75. The van der Waals surface area contributed by atoms with Gasteiger partial charge in [-0.25, -0.2) is 8.42 Å². The van der Waals surface area contributed by atoms with Crippen molar-refractivity contribution in [1.82, 2.24) is 5.32 Å². The van der Waals surface area contributed by atoms with E-state index in [1.165, 1.54) is 4.31 Å². The van der Waals surface area contributed by atoms with Crippen LogP contribution in [0.1, 0.15) is 25.3 Å². The minimum Gasteiger partial charge on any atom is -0.356 e. The third kappa shape index (κ3) is 5.67. The average molecular weight is 377 g/mol. The molecule has 0 atom stereocenters. The number of nitrogens with one attached hydrogen (secondary N) is 1. The van der Waals surface area contributed by atoms with Gasteiger partial charge < -0.3 is 5.32 Å². The van der Waals surface area contributed by atoms with Crippen molar-refractivity contribution in [1.29, 1.82) is 0 Å². The molecule has 1 rings (SSSR count). The summed E-state index contributed by atoms with van der Waals surface area (Å²) in [5.74, 6) is -0.140. The number of amides is 1. The summed E-state index contributed by atoms with van der Waals surface area (Å²) >= 11 is 3.39. The standard InChI is InChI=1S/C14H21BrN2O3S/c1-4-8-16-14(18)7-9-17(21(3,19)20)12-5-6-13(15)11(2)10-12/h5-6,10H,4,7-9H2,1-3H3,(H,16,18). The van der Waals surface area contributed by atoms with Gasteiger partial charge in [-0.2, -0.15) is 0 Å². The molecular formula is C14H21BrN2O3S. The molecule has 0 aliphatic rings. The fourth-order valence-electron chi connectivity index (χ4n) is 1.83. The van der Waals surface area contributed by atoms with Gasteiger partial charge in [-0.15, -0.1) is 0 Å². The summed E-state index contributed by atoms with van der Waals surface area (Å²) < 4.78 is 26.1. The zero-order chi connectivity index (χ0) is 16.0. The van der Waals surface area contributed by atoms with Crippen molar-refractivity contribution < 1.29 is 13.2 Å². The highest BCUT2D eigenvalue weighted by molar-refractivity contribution is 9.10. The van der Waals surface area contributed by atoms with Crippen LogP contribution in [0.25, 0.3) is 0 Å². The highest BCUT2D eigenvalue weighted by Gasteiger charge is 2.19. The minimum absolute atomic E-state index is 0.134. The summed E-state index contributed by atoms with van der Waals surface area (Å²) in [5, 5.41) is 2.74. The Morgan fingerprint density at radius 3 is 2.57 bits per heavy atom. The number of aryl methyl sites for hydroxylation is 1. The van der Waals surface area contributed by atoms with Crippen LogP contribution < -0.4 is 9.62 Å². The van der Waals surface area contributed by atoms with Crippen LogP contribution in [0.2, 0.25) is 0 Å². The van der Waals surface area contributed by atoms with E-state index in [2.05, 4.69) is 21.2 Å². The fraction of sp³-hybridized carbons (Fsp3) is 0.500. The van der Waals surface area contributed by atoms with E-state index in [0.29, 0.717) is 12.2 Å². The molecule has 1 amide bonds. The van der Waals surface area contributed by atoms with Gasteiger partial charge in [0.2, 0.25) is 15.9 Å². The van der Waals surface area contributed by atoms with E-state index in [9.17, 15) is 13.2 Å². The summed E-state index contributed by atoms with van der Waals surface area (Å²) in [4.78, 5) is 11.6. The van der Waals surface area contributed by atoms with Gasteiger partial charge in [0, 0.05) is 24.0 Å². The molecular weight excluding hydrogens is 356 g/mol. The number of halogens is 1. The number of benzene rings is 1. The van der Waals surface area contributed by atoms with Crippen molar-refractivity contribution in [2.24, 2.45) is 0 Å². The zero-order valence-electron chi connectivity index (χ0n) is 12.5. The highest BCUT2D eigenvalue weighted by Crippen LogP contribution is 2.24. The summed E-state index contributed by atoms with van der Waals surface area (Å²) in [6.07, 6.45) is 2.14. The molecule has 0 fully saturated rings. The molecule has 118 valence electrons. The Morgan fingerprint density at radius 1 is 1.38 bits per heavy atom. The minimum atomic E-state index is -3.43. The Labute approximate surface area is 134 Å². The summed E-state index contributed by atoms with van der Waals surface area (Å²) in [6, 6.07) is 5.32. The van der Waals surface area contributed by atoms with Crippen molar-refractivity contribution in [2.75, 3.05) is 23.7 Å². The maximum atomic E-state index is 11.9. The molecule has 1 N–H and O–H groups in total. The van der Waals surface area contributed by atoms with E-state index in [1.54, 1.807) is 18.2 Å². The largest absolute Gasteiger partial charge is 0.356 e. The monoisotopic (exact) mass is 376 g/mol. The number of hydrogen-bond acceptors (Lipinski definition) is 3. The third-order valence-corrected chi connectivity index (χ3v) is 5.03. The lowest BCUT2D eigenvalue weighted by Crippen LogP contribution is -2.34. The molecule has 0 saturated heterocycles. The van der Waals surface area contributed by atoms with Crippen LogP contribution in [0, 0.1) is 6.92 Å². The molecule has 21 heavy (non-hydrogen) atoms. The Bertz CT molecular complexity index is 602. The first-order valence-corrected chi connectivity index (χ1v) is 9.40. The van der Waals surface area contributed by atoms with Crippen LogP contribution in [0.4, 0.5) is 5.69 Å². The second-order valence-corrected chi connectivity index (χ2v) is 7.63. The molecule has 7 heteroatoms. The van der Waals surface area contributed by atoms with Gasteiger partial charge in [0.15, 0.2) is 0 Å². The Balaban J connectivity index is 2.87. The number of carbonyl (C=O) groups excluding carboxylic acids is 1. The normalized spacial score (nSPS) is 11.2. The molecule has 0 aliphatic carbocycles. The predicted molar refractivity (Wildman–Crippen MR) is 89.0 cm³/mol. The van der Waals surface area contributed by atoms with Crippen molar-refractivity contribution >= 4 is 37.5 Å². The van der Waals surface area contributed by atoms with Gasteiger partial charge in [-0.3, -0.25) is 9.10 Å². The van der Waals surface area contributed by atoms with E-state index < -0.39 is 10.0 Å². The third-order valence-electron chi connectivity index (χ3n) is 2.94. The molecule has 0 aromatic heterocycles. The van der Waals surface area contributed by atoms with Gasteiger partial charge in [0.25, 0.3) is 0 Å². The van der Waals surface area contributed by atoms with Crippen LogP contribution in [0.3, 0.4) is 0 Å². The van der Waals surface area contributed by atoms with Crippen LogP contribution in [-0.4, -0.2) is 33.7 Å². The average Bonchev–Trinajstić information content (AvgIpc) is 2.39. The first kappa shape index (κ1) is 18.0. The molecule has 5 nitrogen and oxygen atoms in total. The lowest BCUT2D eigenvalue weighted by molar-refractivity contribution is -0.120. The van der Waals surface area contributed by atoms with Crippen LogP contribution in [0.5, 0.6) is 0 Å². The Kier molecular flexibility index (Phi) is 6.67.